The number of nitrogens with one attached hydrogen (secondary N) is 1. The van der Waals surface area contributed by atoms with Gasteiger partial charge in [0, 0.05) is 16.0 Å². The molecule has 2 aromatic rings. The first-order valence-electron chi connectivity index (χ1n) is 7.20. The van der Waals surface area contributed by atoms with Crippen LogP contribution in [0.4, 0.5) is 0 Å². The Labute approximate surface area is 135 Å². The first-order chi connectivity index (χ1) is 9.69. The molecule has 0 aromatic heterocycles. The van der Waals surface area contributed by atoms with E-state index in [2.05, 4.69) is 90.3 Å². The number of hydrogen-bond acceptors (Lipinski definition) is 1. The van der Waals surface area contributed by atoms with Gasteiger partial charge in [-0.2, -0.15) is 0 Å². The van der Waals surface area contributed by atoms with Crippen LogP contribution in [0.25, 0.3) is 0 Å². The standard InChI is InChI=1S/C18H22IN/c1-3-20-13-17(16-6-4-5-14(2)11-16)12-15-7-9-18(19)10-8-15/h4-11,17,20H,3,12-13H2,1-2H3. The molecular formula is C18H22IN. The fourth-order valence-electron chi connectivity index (χ4n) is 2.46. The van der Waals surface area contributed by atoms with Crippen LogP contribution in [0, 0.1) is 10.5 Å². The molecule has 1 atom stereocenters. The van der Waals surface area contributed by atoms with E-state index in [0.717, 1.165) is 19.5 Å². The van der Waals surface area contributed by atoms with Crippen molar-refractivity contribution in [1.82, 2.24) is 5.32 Å². The Balaban J connectivity index is 2.16. The smallest absolute Gasteiger partial charge is 0.0130 e. The molecule has 0 spiro atoms. The molecule has 2 rings (SSSR count). The van der Waals surface area contributed by atoms with Crippen LogP contribution in [-0.2, 0) is 6.42 Å². The molecule has 0 radical (unpaired) electrons. The van der Waals surface area contributed by atoms with Crippen LogP contribution in [0.15, 0.2) is 48.5 Å². The van der Waals surface area contributed by atoms with Gasteiger partial charge in [0.1, 0.15) is 0 Å². The highest BCUT2D eigenvalue weighted by molar-refractivity contribution is 14.1. The summed E-state index contributed by atoms with van der Waals surface area (Å²) in [5.41, 5.74) is 4.19. The molecule has 0 amide bonds. The Morgan fingerprint density at radius 3 is 2.50 bits per heavy atom. The van der Waals surface area contributed by atoms with E-state index in [1.165, 1.54) is 20.3 Å². The number of aryl methyl sites for hydroxylation is 1. The molecule has 106 valence electrons. The Bertz CT molecular complexity index is 533. The number of hydrogen-bond donors (Lipinski definition) is 1. The van der Waals surface area contributed by atoms with Gasteiger partial charge in [0.15, 0.2) is 0 Å². The summed E-state index contributed by atoms with van der Waals surface area (Å²) >= 11 is 2.36. The predicted molar refractivity (Wildman–Crippen MR) is 95.3 cm³/mol. The zero-order chi connectivity index (χ0) is 14.4. The van der Waals surface area contributed by atoms with E-state index in [0.29, 0.717) is 5.92 Å². The largest absolute Gasteiger partial charge is 0.316 e. The molecule has 0 fully saturated rings. The Morgan fingerprint density at radius 2 is 1.85 bits per heavy atom. The summed E-state index contributed by atoms with van der Waals surface area (Å²) in [4.78, 5) is 0. The monoisotopic (exact) mass is 379 g/mol. The second-order valence-corrected chi connectivity index (χ2v) is 6.49. The van der Waals surface area contributed by atoms with E-state index in [1.807, 2.05) is 0 Å². The fourth-order valence-corrected chi connectivity index (χ4v) is 2.82. The number of benzene rings is 2. The van der Waals surface area contributed by atoms with Gasteiger partial charge in [-0.05, 0) is 65.7 Å². The molecule has 0 saturated heterocycles. The molecule has 2 aromatic carbocycles. The van der Waals surface area contributed by atoms with Gasteiger partial charge in [0.05, 0.1) is 0 Å². The topological polar surface area (TPSA) is 12.0 Å². The maximum absolute atomic E-state index is 3.50. The fraction of sp³-hybridized carbons (Fsp3) is 0.333. The molecule has 0 bridgehead atoms. The third-order valence-electron chi connectivity index (χ3n) is 3.55. The molecule has 1 N–H and O–H groups in total. The van der Waals surface area contributed by atoms with Crippen LogP contribution >= 0.6 is 22.6 Å². The summed E-state index contributed by atoms with van der Waals surface area (Å²) in [6.07, 6.45) is 1.09. The normalized spacial score (nSPS) is 12.3. The molecule has 0 aliphatic rings. The van der Waals surface area contributed by atoms with E-state index in [1.54, 1.807) is 0 Å². The lowest BCUT2D eigenvalue weighted by molar-refractivity contribution is 0.594. The van der Waals surface area contributed by atoms with Crippen LogP contribution in [-0.4, -0.2) is 13.1 Å². The molecule has 20 heavy (non-hydrogen) atoms. The van der Waals surface area contributed by atoms with Gasteiger partial charge in [-0.1, -0.05) is 48.9 Å². The predicted octanol–water partition coefficient (Wildman–Crippen LogP) is 4.54. The highest BCUT2D eigenvalue weighted by Gasteiger charge is 2.12. The van der Waals surface area contributed by atoms with Crippen molar-refractivity contribution < 1.29 is 0 Å². The Morgan fingerprint density at radius 1 is 1.10 bits per heavy atom. The zero-order valence-corrected chi connectivity index (χ0v) is 14.4. The lowest BCUT2D eigenvalue weighted by atomic mass is 9.91. The minimum absolute atomic E-state index is 0.537. The number of rotatable bonds is 6. The van der Waals surface area contributed by atoms with E-state index < -0.39 is 0 Å². The zero-order valence-electron chi connectivity index (χ0n) is 12.2. The highest BCUT2D eigenvalue weighted by Crippen LogP contribution is 2.22. The maximum atomic E-state index is 3.50. The van der Waals surface area contributed by atoms with Gasteiger partial charge in [0.2, 0.25) is 0 Å². The third-order valence-corrected chi connectivity index (χ3v) is 4.27. The van der Waals surface area contributed by atoms with Gasteiger partial charge < -0.3 is 5.32 Å². The highest BCUT2D eigenvalue weighted by atomic mass is 127. The quantitative estimate of drug-likeness (QED) is 0.727. The van der Waals surface area contributed by atoms with Crippen molar-refractivity contribution >= 4 is 22.6 Å². The van der Waals surface area contributed by atoms with Crippen molar-refractivity contribution in [3.05, 3.63) is 68.8 Å². The Kier molecular flexibility index (Phi) is 6.05. The van der Waals surface area contributed by atoms with Gasteiger partial charge in [-0.25, -0.2) is 0 Å². The lowest BCUT2D eigenvalue weighted by Crippen LogP contribution is -2.22. The number of halogens is 1. The van der Waals surface area contributed by atoms with E-state index in [-0.39, 0.29) is 0 Å². The summed E-state index contributed by atoms with van der Waals surface area (Å²) in [5, 5.41) is 3.50. The van der Waals surface area contributed by atoms with E-state index in [9.17, 15) is 0 Å². The number of likely N-dealkylation sites (N-methyl/N-ethyl adjacent to an activating group) is 1. The van der Waals surface area contributed by atoms with Crippen molar-refractivity contribution in [2.24, 2.45) is 0 Å². The molecular weight excluding hydrogens is 357 g/mol. The summed E-state index contributed by atoms with van der Waals surface area (Å²) in [7, 11) is 0. The van der Waals surface area contributed by atoms with Crippen molar-refractivity contribution in [2.45, 2.75) is 26.2 Å². The average molecular weight is 379 g/mol. The van der Waals surface area contributed by atoms with E-state index >= 15 is 0 Å². The van der Waals surface area contributed by atoms with Gasteiger partial charge in [-0.3, -0.25) is 0 Å². The summed E-state index contributed by atoms with van der Waals surface area (Å²) in [5.74, 6) is 0.537. The van der Waals surface area contributed by atoms with Crippen LogP contribution in [0.3, 0.4) is 0 Å². The van der Waals surface area contributed by atoms with Crippen LogP contribution in [0.5, 0.6) is 0 Å². The van der Waals surface area contributed by atoms with Crippen molar-refractivity contribution in [3.63, 3.8) is 0 Å². The summed E-state index contributed by atoms with van der Waals surface area (Å²) in [6, 6.07) is 17.8. The van der Waals surface area contributed by atoms with Crippen LogP contribution < -0.4 is 5.32 Å². The Hall–Kier alpha value is -0.870. The first kappa shape index (κ1) is 15.5. The van der Waals surface area contributed by atoms with Gasteiger partial charge in [-0.15, -0.1) is 0 Å². The van der Waals surface area contributed by atoms with Crippen molar-refractivity contribution in [3.8, 4) is 0 Å². The minimum atomic E-state index is 0.537. The minimum Gasteiger partial charge on any atom is -0.316 e. The second-order valence-electron chi connectivity index (χ2n) is 5.25. The van der Waals surface area contributed by atoms with Crippen LogP contribution in [0.1, 0.15) is 29.5 Å². The summed E-state index contributed by atoms with van der Waals surface area (Å²) in [6.45, 7) is 6.39. The van der Waals surface area contributed by atoms with Gasteiger partial charge >= 0.3 is 0 Å². The molecule has 0 aliphatic heterocycles. The maximum Gasteiger partial charge on any atom is 0.0130 e. The molecule has 1 unspecified atom stereocenters. The van der Waals surface area contributed by atoms with Gasteiger partial charge in [0.25, 0.3) is 0 Å². The van der Waals surface area contributed by atoms with Crippen molar-refractivity contribution in [2.75, 3.05) is 13.1 Å². The molecule has 1 nitrogen and oxygen atoms in total. The lowest BCUT2D eigenvalue weighted by Gasteiger charge is -2.18. The molecule has 0 aliphatic carbocycles. The summed E-state index contributed by atoms with van der Waals surface area (Å²) < 4.78 is 1.30. The van der Waals surface area contributed by atoms with E-state index in [4.69, 9.17) is 0 Å². The average Bonchev–Trinajstić information content (AvgIpc) is 2.45. The van der Waals surface area contributed by atoms with Crippen LogP contribution in [0.2, 0.25) is 0 Å². The third kappa shape index (κ3) is 4.60. The molecule has 0 saturated carbocycles. The SMILES string of the molecule is CCNCC(Cc1ccc(I)cc1)c1cccc(C)c1. The van der Waals surface area contributed by atoms with Crippen molar-refractivity contribution in [1.29, 1.82) is 0 Å². The second kappa shape index (κ2) is 7.79. The first-order valence-corrected chi connectivity index (χ1v) is 8.28. The molecule has 2 heteroatoms. The molecule has 0 heterocycles.